The summed E-state index contributed by atoms with van der Waals surface area (Å²) >= 11 is 0. The van der Waals surface area contributed by atoms with E-state index in [0.717, 1.165) is 30.1 Å². The number of carbonyl (C=O) groups excluding carboxylic acids is 1. The van der Waals surface area contributed by atoms with E-state index in [1.54, 1.807) is 0 Å². The van der Waals surface area contributed by atoms with Crippen LogP contribution in [0.25, 0.3) is 0 Å². The topological polar surface area (TPSA) is 26.3 Å². The molecule has 4 saturated carbocycles. The van der Waals surface area contributed by atoms with Crippen LogP contribution in [-0.2, 0) is 9.53 Å². The lowest BCUT2D eigenvalue weighted by Gasteiger charge is -2.71. The van der Waals surface area contributed by atoms with Gasteiger partial charge < -0.3 is 4.74 Å². The summed E-state index contributed by atoms with van der Waals surface area (Å²) in [6, 6.07) is 0. The van der Waals surface area contributed by atoms with Crippen LogP contribution in [0.4, 0.5) is 0 Å². The van der Waals surface area contributed by atoms with Gasteiger partial charge in [-0.3, -0.25) is 4.79 Å². The Balaban J connectivity index is 1.56. The largest absolute Gasteiger partial charge is 0.464 e. The maximum Gasteiger partial charge on any atom is 0.293 e. The second kappa shape index (κ2) is 7.36. The summed E-state index contributed by atoms with van der Waals surface area (Å²) in [6.45, 7) is 21.2. The van der Waals surface area contributed by atoms with Gasteiger partial charge in [-0.05, 0) is 109 Å². The van der Waals surface area contributed by atoms with E-state index < -0.39 is 0 Å². The van der Waals surface area contributed by atoms with Crippen LogP contribution in [0.5, 0.6) is 0 Å². The molecule has 0 saturated heterocycles. The first-order valence-electron chi connectivity index (χ1n) is 14.1. The monoisotopic (exact) mass is 454 g/mol. The minimum atomic E-state index is 0.0542. The lowest BCUT2D eigenvalue weighted by Crippen LogP contribution is -2.64. The number of hydrogen-bond acceptors (Lipinski definition) is 2. The molecule has 5 rings (SSSR count). The second-order valence-corrected chi connectivity index (χ2v) is 14.9. The van der Waals surface area contributed by atoms with E-state index in [4.69, 9.17) is 4.74 Å². The molecule has 2 heteroatoms. The molecule has 33 heavy (non-hydrogen) atoms. The van der Waals surface area contributed by atoms with Gasteiger partial charge >= 0.3 is 0 Å². The third-order valence-corrected chi connectivity index (χ3v) is 13.6. The van der Waals surface area contributed by atoms with E-state index >= 15 is 0 Å². The van der Waals surface area contributed by atoms with Gasteiger partial charge in [-0.2, -0.15) is 0 Å². The van der Waals surface area contributed by atoms with E-state index in [2.05, 4.69) is 61.5 Å². The van der Waals surface area contributed by atoms with Crippen LogP contribution in [0.1, 0.15) is 113 Å². The molecule has 0 aromatic carbocycles. The Morgan fingerprint density at radius 2 is 1.61 bits per heavy atom. The van der Waals surface area contributed by atoms with Gasteiger partial charge in [0, 0.05) is 5.41 Å². The van der Waals surface area contributed by atoms with Gasteiger partial charge in [-0.25, -0.2) is 0 Å². The highest BCUT2D eigenvalue weighted by Gasteiger charge is 2.68. The highest BCUT2D eigenvalue weighted by molar-refractivity contribution is 5.38. The second-order valence-electron chi connectivity index (χ2n) is 14.9. The molecule has 0 aliphatic heterocycles. The van der Waals surface area contributed by atoms with Crippen LogP contribution in [0, 0.1) is 56.7 Å². The molecule has 0 bridgehead atoms. The van der Waals surface area contributed by atoms with E-state index in [9.17, 15) is 4.79 Å². The molecule has 186 valence electrons. The van der Waals surface area contributed by atoms with Gasteiger partial charge in [0.15, 0.2) is 0 Å². The summed E-state index contributed by atoms with van der Waals surface area (Å²) in [4.78, 5) is 11.2. The molecule has 10 atom stereocenters. The van der Waals surface area contributed by atoms with Gasteiger partial charge in [0.05, 0.1) is 0 Å². The minimum Gasteiger partial charge on any atom is -0.464 e. The molecule has 5 aliphatic rings. The van der Waals surface area contributed by atoms with Crippen molar-refractivity contribution in [2.45, 2.75) is 119 Å². The number of allylic oxidation sites excluding steroid dienone is 2. The fraction of sp³-hybridized carbons (Fsp3) is 0.903. The molecular formula is C31H50O2. The van der Waals surface area contributed by atoms with Crippen molar-refractivity contribution in [2.75, 3.05) is 0 Å². The molecular weight excluding hydrogens is 404 g/mol. The van der Waals surface area contributed by atoms with Crippen molar-refractivity contribution in [1.29, 1.82) is 0 Å². The third kappa shape index (κ3) is 2.94. The zero-order valence-electron chi connectivity index (χ0n) is 22.8. The van der Waals surface area contributed by atoms with Gasteiger partial charge in [-0.15, -0.1) is 0 Å². The molecule has 0 heterocycles. The Morgan fingerprint density at radius 1 is 0.879 bits per heavy atom. The minimum absolute atomic E-state index is 0.0542. The predicted molar refractivity (Wildman–Crippen MR) is 136 cm³/mol. The van der Waals surface area contributed by atoms with Crippen molar-refractivity contribution in [3.8, 4) is 0 Å². The Bertz CT molecular complexity index is 842. The average Bonchev–Trinajstić information content (AvgIpc) is 2.74. The predicted octanol–water partition coefficient (Wildman–Crippen LogP) is 8.21. The molecule has 0 radical (unpaired) electrons. The number of ether oxygens (including phenoxy) is 1. The summed E-state index contributed by atoms with van der Waals surface area (Å²) in [5, 5.41) is 0. The van der Waals surface area contributed by atoms with Gasteiger partial charge in [0.1, 0.15) is 6.10 Å². The Kier molecular flexibility index (Phi) is 5.34. The van der Waals surface area contributed by atoms with Gasteiger partial charge in [-0.1, -0.05) is 67.0 Å². The Morgan fingerprint density at radius 3 is 2.30 bits per heavy atom. The van der Waals surface area contributed by atoms with Crippen LogP contribution in [0.15, 0.2) is 11.6 Å². The average molecular weight is 455 g/mol. The first-order chi connectivity index (χ1) is 15.3. The molecule has 5 aliphatic carbocycles. The first kappa shape index (κ1) is 23.9. The molecule has 0 N–H and O–H groups in total. The standard InChI is InChI=1S/C31H50O2/c1-20-11-14-28(5)17-18-30(7)22(26(28)21(20)2)9-10-24-29(6)15-13-25(33-19-32)27(3,4)23(29)12-16-31(24,30)8/h9,19-21,23-26H,10-18H2,1-8H3/t20-,21+,23+,24-,25-,26+,28-,29+,30-,31-/m1/s1. The molecule has 0 spiro atoms. The summed E-state index contributed by atoms with van der Waals surface area (Å²) in [6.07, 6.45) is 14.6. The molecule has 0 amide bonds. The maximum absolute atomic E-state index is 11.2. The fourth-order valence-electron chi connectivity index (χ4n) is 11.1. The lowest BCUT2D eigenvalue weighted by molar-refractivity contribution is -0.209. The fourth-order valence-corrected chi connectivity index (χ4v) is 11.1. The molecule has 2 nitrogen and oxygen atoms in total. The van der Waals surface area contributed by atoms with E-state index in [0.29, 0.717) is 34.1 Å². The number of carbonyl (C=O) groups is 1. The van der Waals surface area contributed by atoms with Crippen molar-refractivity contribution >= 4 is 6.47 Å². The number of rotatable bonds is 2. The van der Waals surface area contributed by atoms with Crippen LogP contribution in [-0.4, -0.2) is 12.6 Å². The summed E-state index contributed by atoms with van der Waals surface area (Å²) < 4.78 is 5.66. The summed E-state index contributed by atoms with van der Waals surface area (Å²) in [5.41, 5.74) is 3.47. The summed E-state index contributed by atoms with van der Waals surface area (Å²) in [7, 11) is 0. The quantitative estimate of drug-likeness (QED) is 0.310. The first-order valence-corrected chi connectivity index (χ1v) is 14.1. The smallest absolute Gasteiger partial charge is 0.293 e. The molecule has 0 aromatic rings. The molecule has 0 aromatic heterocycles. The molecule has 4 fully saturated rings. The van der Waals surface area contributed by atoms with Crippen molar-refractivity contribution < 1.29 is 9.53 Å². The van der Waals surface area contributed by atoms with Gasteiger partial charge in [0.25, 0.3) is 6.47 Å². The van der Waals surface area contributed by atoms with E-state index in [1.807, 2.05) is 5.57 Å². The Hall–Kier alpha value is -0.790. The number of hydrogen-bond donors (Lipinski definition) is 0. The highest BCUT2D eigenvalue weighted by Crippen LogP contribution is 2.75. The van der Waals surface area contributed by atoms with Crippen molar-refractivity contribution in [3.05, 3.63) is 11.6 Å². The van der Waals surface area contributed by atoms with Crippen LogP contribution in [0.3, 0.4) is 0 Å². The summed E-state index contributed by atoms with van der Waals surface area (Å²) in [5.74, 6) is 3.78. The van der Waals surface area contributed by atoms with Crippen molar-refractivity contribution in [3.63, 3.8) is 0 Å². The van der Waals surface area contributed by atoms with E-state index in [-0.39, 0.29) is 11.5 Å². The third-order valence-electron chi connectivity index (χ3n) is 13.6. The molecule has 0 unspecified atom stereocenters. The van der Waals surface area contributed by atoms with Gasteiger partial charge in [0.2, 0.25) is 0 Å². The van der Waals surface area contributed by atoms with E-state index in [1.165, 1.54) is 51.4 Å². The maximum atomic E-state index is 11.2. The normalized spacial score (nSPS) is 55.2. The Labute approximate surface area is 203 Å². The SMILES string of the molecule is C[C@H]1[C@H](C)CC[C@]2(C)CC[C@]3(C)C(=CC[C@@H]4[C@@]5(C)CC[C@@H](OC=O)C(C)(C)[C@@H]5CC[C@]43C)[C@H]12. The highest BCUT2D eigenvalue weighted by atomic mass is 16.5. The van der Waals surface area contributed by atoms with Crippen molar-refractivity contribution in [1.82, 2.24) is 0 Å². The zero-order valence-corrected chi connectivity index (χ0v) is 22.8. The van der Waals surface area contributed by atoms with Crippen LogP contribution >= 0.6 is 0 Å². The van der Waals surface area contributed by atoms with Crippen molar-refractivity contribution in [2.24, 2.45) is 56.7 Å². The number of fused-ring (bicyclic) bond motifs is 7. The van der Waals surface area contributed by atoms with Crippen LogP contribution in [0.2, 0.25) is 0 Å². The lowest BCUT2D eigenvalue weighted by atomic mass is 9.33. The van der Waals surface area contributed by atoms with Crippen LogP contribution < -0.4 is 0 Å². The zero-order chi connectivity index (χ0) is 24.0.